The van der Waals surface area contributed by atoms with Crippen LogP contribution in [0, 0.1) is 0 Å². The van der Waals surface area contributed by atoms with E-state index in [1.165, 1.54) is 12.8 Å². The summed E-state index contributed by atoms with van der Waals surface area (Å²) >= 11 is 6.26. The fourth-order valence-electron chi connectivity index (χ4n) is 2.29. The Morgan fingerprint density at radius 2 is 2.29 bits per heavy atom. The zero-order valence-corrected chi connectivity index (χ0v) is 11.1. The summed E-state index contributed by atoms with van der Waals surface area (Å²) in [5.74, 6) is 0.857. The standard InChI is InChI=1S/C13H19ClN2O/c1-15-10-4-3-7-16(9-10)13-8-11(17-2)5-6-12(13)14/h5-6,8,10,15H,3-4,7,9H2,1-2H3. The van der Waals surface area contributed by atoms with Crippen LogP contribution in [0.1, 0.15) is 12.8 Å². The van der Waals surface area contributed by atoms with Crippen molar-refractivity contribution in [1.29, 1.82) is 0 Å². The molecule has 3 nitrogen and oxygen atoms in total. The van der Waals surface area contributed by atoms with E-state index >= 15 is 0 Å². The molecule has 0 aliphatic carbocycles. The summed E-state index contributed by atoms with van der Waals surface area (Å²) in [6.45, 7) is 2.06. The SMILES string of the molecule is CNC1CCCN(c2cc(OC)ccc2Cl)C1. The second kappa shape index (κ2) is 5.61. The number of anilines is 1. The van der Waals surface area contributed by atoms with Gasteiger partial charge in [0.15, 0.2) is 0 Å². The number of hydrogen-bond donors (Lipinski definition) is 1. The lowest BCUT2D eigenvalue weighted by Crippen LogP contribution is -2.44. The van der Waals surface area contributed by atoms with E-state index in [2.05, 4.69) is 10.2 Å². The van der Waals surface area contributed by atoms with Crippen LogP contribution in [0.25, 0.3) is 0 Å². The highest BCUT2D eigenvalue weighted by atomic mass is 35.5. The first-order valence-corrected chi connectivity index (χ1v) is 6.38. The largest absolute Gasteiger partial charge is 0.497 e. The molecule has 1 aromatic carbocycles. The van der Waals surface area contributed by atoms with Crippen LogP contribution in [0.4, 0.5) is 5.69 Å². The Morgan fingerprint density at radius 1 is 1.47 bits per heavy atom. The summed E-state index contributed by atoms with van der Waals surface area (Å²) in [6.07, 6.45) is 2.42. The maximum absolute atomic E-state index is 6.26. The lowest BCUT2D eigenvalue weighted by molar-refractivity contribution is 0.413. The van der Waals surface area contributed by atoms with Gasteiger partial charge in [0.25, 0.3) is 0 Å². The number of nitrogens with zero attached hydrogens (tertiary/aromatic N) is 1. The summed E-state index contributed by atoms with van der Waals surface area (Å²) in [5.41, 5.74) is 1.07. The van der Waals surface area contributed by atoms with E-state index in [-0.39, 0.29) is 0 Å². The van der Waals surface area contributed by atoms with Gasteiger partial charge < -0.3 is 15.0 Å². The highest BCUT2D eigenvalue weighted by Crippen LogP contribution is 2.31. The van der Waals surface area contributed by atoms with Crippen molar-refractivity contribution in [1.82, 2.24) is 5.32 Å². The van der Waals surface area contributed by atoms with Crippen LogP contribution in [-0.2, 0) is 0 Å². The zero-order chi connectivity index (χ0) is 12.3. The van der Waals surface area contributed by atoms with Crippen LogP contribution in [-0.4, -0.2) is 33.3 Å². The predicted molar refractivity (Wildman–Crippen MR) is 72.3 cm³/mol. The molecule has 2 rings (SSSR count). The Kier molecular flexibility index (Phi) is 4.13. The van der Waals surface area contributed by atoms with E-state index < -0.39 is 0 Å². The summed E-state index contributed by atoms with van der Waals surface area (Å²) < 4.78 is 5.25. The van der Waals surface area contributed by atoms with Gasteiger partial charge in [-0.2, -0.15) is 0 Å². The molecular weight excluding hydrogens is 236 g/mol. The van der Waals surface area contributed by atoms with Crippen LogP contribution in [0.15, 0.2) is 18.2 Å². The van der Waals surface area contributed by atoms with Crippen molar-refractivity contribution >= 4 is 17.3 Å². The van der Waals surface area contributed by atoms with Crippen LogP contribution < -0.4 is 15.0 Å². The lowest BCUT2D eigenvalue weighted by Gasteiger charge is -2.34. The topological polar surface area (TPSA) is 24.5 Å². The first-order valence-electron chi connectivity index (χ1n) is 6.00. The van der Waals surface area contributed by atoms with Gasteiger partial charge in [-0.3, -0.25) is 0 Å². The summed E-state index contributed by atoms with van der Waals surface area (Å²) in [4.78, 5) is 2.33. The lowest BCUT2D eigenvalue weighted by atomic mass is 10.1. The van der Waals surface area contributed by atoms with Gasteiger partial charge in [0, 0.05) is 25.2 Å². The van der Waals surface area contributed by atoms with E-state index in [1.807, 2.05) is 25.2 Å². The molecule has 0 amide bonds. The van der Waals surface area contributed by atoms with Crippen molar-refractivity contribution in [2.24, 2.45) is 0 Å². The Labute approximate surface area is 108 Å². The van der Waals surface area contributed by atoms with Crippen LogP contribution in [0.2, 0.25) is 5.02 Å². The molecule has 1 N–H and O–H groups in total. The molecular formula is C13H19ClN2O. The van der Waals surface area contributed by atoms with Gasteiger partial charge in [0.1, 0.15) is 5.75 Å². The quantitative estimate of drug-likeness (QED) is 0.897. The molecule has 0 spiro atoms. The number of likely N-dealkylation sites (N-methyl/N-ethyl adjacent to an activating group) is 1. The molecule has 0 aromatic heterocycles. The Morgan fingerprint density at radius 3 is 3.00 bits per heavy atom. The van der Waals surface area contributed by atoms with Gasteiger partial charge >= 0.3 is 0 Å². The van der Waals surface area contributed by atoms with Crippen molar-refractivity contribution < 1.29 is 4.74 Å². The Hall–Kier alpha value is -0.930. The monoisotopic (exact) mass is 254 g/mol. The molecule has 17 heavy (non-hydrogen) atoms. The molecule has 94 valence electrons. The molecule has 1 fully saturated rings. The third-order valence-electron chi connectivity index (χ3n) is 3.32. The van der Waals surface area contributed by atoms with Crippen molar-refractivity contribution in [3.05, 3.63) is 23.2 Å². The smallest absolute Gasteiger partial charge is 0.121 e. The normalized spacial score (nSPS) is 20.4. The third-order valence-corrected chi connectivity index (χ3v) is 3.64. The fourth-order valence-corrected chi connectivity index (χ4v) is 2.53. The minimum Gasteiger partial charge on any atom is -0.497 e. The van der Waals surface area contributed by atoms with Crippen LogP contribution in [0.3, 0.4) is 0 Å². The number of rotatable bonds is 3. The Balaban J connectivity index is 2.20. The number of hydrogen-bond acceptors (Lipinski definition) is 3. The van der Waals surface area contributed by atoms with Gasteiger partial charge in [-0.1, -0.05) is 11.6 Å². The molecule has 0 saturated carbocycles. The van der Waals surface area contributed by atoms with Crippen molar-refractivity contribution in [2.75, 3.05) is 32.1 Å². The maximum atomic E-state index is 6.26. The van der Waals surface area contributed by atoms with Crippen LogP contribution in [0.5, 0.6) is 5.75 Å². The maximum Gasteiger partial charge on any atom is 0.121 e. The second-order valence-electron chi connectivity index (χ2n) is 4.39. The first-order chi connectivity index (χ1) is 8.24. The second-order valence-corrected chi connectivity index (χ2v) is 4.80. The van der Waals surface area contributed by atoms with E-state index in [9.17, 15) is 0 Å². The minimum absolute atomic E-state index is 0.547. The zero-order valence-electron chi connectivity index (χ0n) is 10.4. The molecule has 1 aliphatic heterocycles. The first kappa shape index (κ1) is 12.5. The van der Waals surface area contributed by atoms with E-state index in [0.717, 1.165) is 29.5 Å². The molecule has 0 radical (unpaired) electrons. The number of halogens is 1. The number of benzene rings is 1. The van der Waals surface area contributed by atoms with Gasteiger partial charge in [0.2, 0.25) is 0 Å². The molecule has 1 heterocycles. The highest BCUT2D eigenvalue weighted by molar-refractivity contribution is 6.33. The molecule has 1 atom stereocenters. The molecule has 4 heteroatoms. The summed E-state index contributed by atoms with van der Waals surface area (Å²) in [7, 11) is 3.70. The van der Waals surface area contributed by atoms with E-state index in [0.29, 0.717) is 6.04 Å². The minimum atomic E-state index is 0.547. The number of ether oxygens (including phenoxy) is 1. The number of nitrogens with one attached hydrogen (secondary N) is 1. The van der Waals surface area contributed by atoms with Crippen molar-refractivity contribution in [3.8, 4) is 5.75 Å². The van der Waals surface area contributed by atoms with Crippen molar-refractivity contribution in [2.45, 2.75) is 18.9 Å². The Bertz CT molecular complexity index is 384. The van der Waals surface area contributed by atoms with Gasteiger partial charge in [-0.15, -0.1) is 0 Å². The average Bonchev–Trinajstić information content (AvgIpc) is 2.39. The summed E-state index contributed by atoms with van der Waals surface area (Å²) in [5, 5.41) is 4.13. The number of methoxy groups -OCH3 is 1. The predicted octanol–water partition coefficient (Wildman–Crippen LogP) is 2.54. The molecule has 1 unspecified atom stereocenters. The third kappa shape index (κ3) is 2.85. The van der Waals surface area contributed by atoms with Crippen LogP contribution >= 0.6 is 11.6 Å². The summed E-state index contributed by atoms with van der Waals surface area (Å²) in [6, 6.07) is 6.36. The van der Waals surface area contributed by atoms with Gasteiger partial charge in [-0.25, -0.2) is 0 Å². The van der Waals surface area contributed by atoms with Gasteiger partial charge in [-0.05, 0) is 32.0 Å². The molecule has 1 aromatic rings. The van der Waals surface area contributed by atoms with E-state index in [1.54, 1.807) is 7.11 Å². The molecule has 1 saturated heterocycles. The molecule has 1 aliphatic rings. The average molecular weight is 255 g/mol. The highest BCUT2D eigenvalue weighted by Gasteiger charge is 2.20. The van der Waals surface area contributed by atoms with E-state index in [4.69, 9.17) is 16.3 Å². The number of piperidine rings is 1. The fraction of sp³-hybridized carbons (Fsp3) is 0.538. The van der Waals surface area contributed by atoms with Gasteiger partial charge in [0.05, 0.1) is 17.8 Å². The van der Waals surface area contributed by atoms with Crippen molar-refractivity contribution in [3.63, 3.8) is 0 Å². The molecule has 0 bridgehead atoms.